The Morgan fingerprint density at radius 3 is 2.53 bits per heavy atom. The van der Waals surface area contributed by atoms with E-state index in [4.69, 9.17) is 4.74 Å². The van der Waals surface area contributed by atoms with E-state index >= 15 is 0 Å². The molecule has 2 amide bonds. The van der Waals surface area contributed by atoms with E-state index in [1.807, 2.05) is 25.2 Å². The van der Waals surface area contributed by atoms with Crippen molar-refractivity contribution in [3.8, 4) is 5.75 Å². The van der Waals surface area contributed by atoms with Gasteiger partial charge in [-0.05, 0) is 29.8 Å². The molecule has 0 bridgehead atoms. The van der Waals surface area contributed by atoms with Crippen LogP contribution in [0.2, 0.25) is 0 Å². The maximum atomic E-state index is 13.5. The quantitative estimate of drug-likeness (QED) is 0.680. The van der Waals surface area contributed by atoms with Crippen LogP contribution in [0.5, 0.6) is 5.75 Å². The first-order valence-corrected chi connectivity index (χ1v) is 10.6. The van der Waals surface area contributed by atoms with Crippen molar-refractivity contribution in [2.45, 2.75) is 18.4 Å². The van der Waals surface area contributed by atoms with Gasteiger partial charge < -0.3 is 24.2 Å². The minimum absolute atomic E-state index is 0.0235. The molecule has 2 aromatic heterocycles. The average Bonchev–Trinajstić information content (AvgIpc) is 3.08. The summed E-state index contributed by atoms with van der Waals surface area (Å²) < 4.78 is 7.49. The average molecular weight is 434 g/mol. The minimum Gasteiger partial charge on any atom is -0.497 e. The molecular weight excluding hydrogens is 408 g/mol. The predicted octanol–water partition coefficient (Wildman–Crippen LogP) is 1.87. The zero-order valence-corrected chi connectivity index (χ0v) is 18.4. The summed E-state index contributed by atoms with van der Waals surface area (Å²) in [6.07, 6.45) is 3.19. The summed E-state index contributed by atoms with van der Waals surface area (Å²) in [5.41, 5.74) is 3.15. The van der Waals surface area contributed by atoms with Gasteiger partial charge in [-0.3, -0.25) is 14.6 Å². The molecule has 1 fully saturated rings. The third kappa shape index (κ3) is 2.82. The summed E-state index contributed by atoms with van der Waals surface area (Å²) in [4.78, 5) is 33.2. The van der Waals surface area contributed by atoms with Gasteiger partial charge in [-0.1, -0.05) is 0 Å². The Balaban J connectivity index is 1.71. The fourth-order valence-corrected chi connectivity index (χ4v) is 5.40. The number of rotatable bonds is 3. The van der Waals surface area contributed by atoms with Gasteiger partial charge in [-0.25, -0.2) is 0 Å². The number of hydrogen-bond donors (Lipinski definition) is 1. The van der Waals surface area contributed by atoms with Gasteiger partial charge in [0.2, 0.25) is 5.91 Å². The van der Waals surface area contributed by atoms with E-state index in [1.165, 1.54) is 0 Å². The highest BCUT2D eigenvalue weighted by molar-refractivity contribution is 5.96. The second kappa shape index (κ2) is 7.34. The van der Waals surface area contributed by atoms with Crippen molar-refractivity contribution in [2.24, 2.45) is 7.05 Å². The maximum absolute atomic E-state index is 13.5. The monoisotopic (exact) mass is 434 g/mol. The number of hydrogen-bond acceptors (Lipinski definition) is 5. The molecule has 1 saturated heterocycles. The summed E-state index contributed by atoms with van der Waals surface area (Å²) in [5.74, 6) is 0.615. The van der Waals surface area contributed by atoms with Crippen molar-refractivity contribution in [2.75, 3.05) is 33.4 Å². The number of nitrogens with zero attached hydrogens (tertiary/aromatic N) is 4. The molecule has 1 N–H and O–H groups in total. The zero-order chi connectivity index (χ0) is 22.6. The largest absolute Gasteiger partial charge is 0.497 e. The Bertz CT molecular complexity index is 1210. The smallest absolute Gasteiger partial charge is 0.254 e. The first-order chi connectivity index (χ1) is 15.4. The summed E-state index contributed by atoms with van der Waals surface area (Å²) in [5, 5.41) is 11.5. The number of carbonyl (C=O) groups is 2. The van der Waals surface area contributed by atoms with E-state index in [0.29, 0.717) is 25.2 Å². The van der Waals surface area contributed by atoms with Crippen LogP contribution in [-0.2, 0) is 17.3 Å². The zero-order valence-electron chi connectivity index (χ0n) is 18.4. The van der Waals surface area contributed by atoms with Crippen molar-refractivity contribution in [1.82, 2.24) is 19.4 Å². The van der Waals surface area contributed by atoms with Crippen LogP contribution in [0, 0.1) is 0 Å². The SMILES string of the molecule is COc1ccc2c3c(n(C)c2c1)[C@@H](CO)N(C(=O)c1ccncc1)CC31CN(C(C)=O)C1. The maximum Gasteiger partial charge on any atom is 0.254 e. The molecule has 0 radical (unpaired) electrons. The predicted molar refractivity (Wildman–Crippen MR) is 119 cm³/mol. The Morgan fingerprint density at radius 2 is 1.91 bits per heavy atom. The second-order valence-electron chi connectivity index (χ2n) is 8.73. The summed E-state index contributed by atoms with van der Waals surface area (Å²) in [7, 11) is 3.59. The van der Waals surface area contributed by atoms with Gasteiger partial charge in [-0.15, -0.1) is 0 Å². The topological polar surface area (TPSA) is 87.9 Å². The number of aromatic nitrogens is 2. The van der Waals surface area contributed by atoms with E-state index < -0.39 is 6.04 Å². The van der Waals surface area contributed by atoms with Gasteiger partial charge in [0.05, 0.1) is 30.7 Å². The lowest BCUT2D eigenvalue weighted by Gasteiger charge is -2.56. The summed E-state index contributed by atoms with van der Waals surface area (Å²) >= 11 is 0. The number of aliphatic hydroxyl groups excluding tert-OH is 1. The molecule has 8 heteroatoms. The third-order valence-electron chi connectivity index (χ3n) is 6.94. The number of ether oxygens (including phenoxy) is 1. The lowest BCUT2D eigenvalue weighted by molar-refractivity contribution is -0.137. The van der Waals surface area contributed by atoms with Crippen LogP contribution in [0.4, 0.5) is 0 Å². The van der Waals surface area contributed by atoms with E-state index in [9.17, 15) is 14.7 Å². The molecule has 32 heavy (non-hydrogen) atoms. The van der Waals surface area contributed by atoms with Gasteiger partial charge >= 0.3 is 0 Å². The third-order valence-corrected chi connectivity index (χ3v) is 6.94. The van der Waals surface area contributed by atoms with Crippen LogP contribution in [0.1, 0.15) is 34.6 Å². The molecule has 1 spiro atoms. The Morgan fingerprint density at radius 1 is 1.19 bits per heavy atom. The van der Waals surface area contributed by atoms with E-state index in [1.54, 1.807) is 48.4 Å². The van der Waals surface area contributed by atoms with Gasteiger partial charge in [0, 0.05) is 68.7 Å². The standard InChI is InChI=1S/C24H26N4O4/c1-15(30)27-12-24(13-27)14-28(23(31)16-6-8-25-9-7-16)20(11-29)22-21(24)18-5-4-17(32-3)10-19(18)26(22)2/h4-10,20,29H,11-14H2,1-3H3/t20-/m1/s1. The number of pyridine rings is 1. The number of fused-ring (bicyclic) bond motifs is 4. The fraction of sp³-hybridized carbons (Fsp3) is 0.375. The molecule has 3 aromatic rings. The van der Waals surface area contributed by atoms with Crippen LogP contribution >= 0.6 is 0 Å². The van der Waals surface area contributed by atoms with Crippen molar-refractivity contribution >= 4 is 22.7 Å². The highest BCUT2D eigenvalue weighted by Gasteiger charge is 2.55. The number of benzene rings is 1. The van der Waals surface area contributed by atoms with Crippen molar-refractivity contribution in [3.63, 3.8) is 0 Å². The van der Waals surface area contributed by atoms with Crippen LogP contribution < -0.4 is 4.74 Å². The molecule has 0 saturated carbocycles. The van der Waals surface area contributed by atoms with Crippen molar-refractivity contribution < 1.29 is 19.4 Å². The fourth-order valence-electron chi connectivity index (χ4n) is 5.40. The molecule has 4 heterocycles. The van der Waals surface area contributed by atoms with Crippen molar-refractivity contribution in [1.29, 1.82) is 0 Å². The van der Waals surface area contributed by atoms with Crippen LogP contribution in [0.3, 0.4) is 0 Å². The number of aliphatic hydroxyl groups is 1. The highest BCUT2D eigenvalue weighted by atomic mass is 16.5. The van der Waals surface area contributed by atoms with Crippen molar-refractivity contribution in [3.05, 3.63) is 59.5 Å². The molecular formula is C24H26N4O4. The van der Waals surface area contributed by atoms with Crippen LogP contribution in [0.25, 0.3) is 10.9 Å². The molecule has 1 atom stereocenters. The first kappa shape index (κ1) is 20.5. The Hall–Kier alpha value is -3.39. The second-order valence-corrected chi connectivity index (χ2v) is 8.73. The molecule has 2 aliphatic rings. The molecule has 0 aliphatic carbocycles. The lowest BCUT2D eigenvalue weighted by Crippen LogP contribution is -2.68. The van der Waals surface area contributed by atoms with Crippen LogP contribution in [0.15, 0.2) is 42.7 Å². The lowest BCUT2D eigenvalue weighted by atomic mass is 9.68. The summed E-state index contributed by atoms with van der Waals surface area (Å²) in [6, 6.07) is 8.83. The summed E-state index contributed by atoms with van der Waals surface area (Å²) in [6.45, 7) is 2.89. The molecule has 1 aromatic carbocycles. The number of aryl methyl sites for hydroxylation is 1. The molecule has 5 rings (SSSR count). The Kier molecular flexibility index (Phi) is 4.70. The van der Waals surface area contributed by atoms with Gasteiger partial charge in [0.15, 0.2) is 0 Å². The molecule has 8 nitrogen and oxygen atoms in total. The van der Waals surface area contributed by atoms with Gasteiger partial charge in [0.25, 0.3) is 5.91 Å². The number of methoxy groups -OCH3 is 1. The van der Waals surface area contributed by atoms with Gasteiger partial charge in [0.1, 0.15) is 5.75 Å². The minimum atomic E-state index is -0.494. The van der Waals surface area contributed by atoms with Gasteiger partial charge in [-0.2, -0.15) is 0 Å². The Labute approximate surface area is 186 Å². The van der Waals surface area contributed by atoms with Crippen LogP contribution in [-0.4, -0.2) is 69.6 Å². The van der Waals surface area contributed by atoms with E-state index in [2.05, 4.69) is 9.55 Å². The van der Waals surface area contributed by atoms with E-state index in [-0.39, 0.29) is 23.8 Å². The number of amides is 2. The number of likely N-dealkylation sites (tertiary alicyclic amines) is 1. The molecule has 0 unspecified atom stereocenters. The first-order valence-electron chi connectivity index (χ1n) is 10.6. The normalized spacial score (nSPS) is 19.1. The molecule has 2 aliphatic heterocycles. The number of carbonyl (C=O) groups excluding carboxylic acids is 2. The van der Waals surface area contributed by atoms with E-state index in [0.717, 1.165) is 27.9 Å². The highest BCUT2D eigenvalue weighted by Crippen LogP contribution is 2.49. The molecule has 166 valence electrons.